The van der Waals surface area contributed by atoms with Gasteiger partial charge in [-0.1, -0.05) is 25.1 Å². The molecule has 0 fully saturated rings. The van der Waals surface area contributed by atoms with Crippen LogP contribution in [0.1, 0.15) is 18.1 Å². The minimum absolute atomic E-state index is 0.123. The molecule has 2 rings (SSSR count). The Morgan fingerprint density at radius 3 is 2.37 bits per heavy atom. The molecule has 0 bridgehead atoms. The molecule has 8 heteroatoms. The van der Waals surface area contributed by atoms with Gasteiger partial charge in [0, 0.05) is 5.69 Å². The van der Waals surface area contributed by atoms with E-state index >= 15 is 0 Å². The fourth-order valence-electron chi connectivity index (χ4n) is 2.11. The molecule has 0 spiro atoms. The molecule has 0 unspecified atom stereocenters. The summed E-state index contributed by atoms with van der Waals surface area (Å²) >= 11 is 0. The Morgan fingerprint density at radius 1 is 1.04 bits per heavy atom. The lowest BCUT2D eigenvalue weighted by molar-refractivity contribution is -0.149. The number of benzene rings is 2. The van der Waals surface area contributed by atoms with Gasteiger partial charge in [0.05, 0.1) is 5.56 Å². The van der Waals surface area contributed by atoms with Crippen molar-refractivity contribution in [1.82, 2.24) is 0 Å². The number of carbonyl (C=O) groups excluding carboxylic acids is 2. The molecule has 2 aromatic rings. The van der Waals surface area contributed by atoms with E-state index in [4.69, 9.17) is 9.47 Å². The van der Waals surface area contributed by atoms with Crippen molar-refractivity contribution in [2.75, 3.05) is 18.5 Å². The van der Waals surface area contributed by atoms with Crippen molar-refractivity contribution in [3.63, 3.8) is 0 Å². The van der Waals surface area contributed by atoms with Crippen LogP contribution in [0.2, 0.25) is 0 Å². The van der Waals surface area contributed by atoms with Gasteiger partial charge in [0.2, 0.25) is 0 Å². The van der Waals surface area contributed by atoms with Crippen LogP contribution in [0.15, 0.2) is 48.5 Å². The highest BCUT2D eigenvalue weighted by atomic mass is 19.4. The Bertz CT molecular complexity index is 788. The van der Waals surface area contributed by atoms with Crippen LogP contribution in [-0.4, -0.2) is 25.1 Å². The highest BCUT2D eigenvalue weighted by Gasteiger charge is 2.30. The van der Waals surface area contributed by atoms with E-state index in [0.717, 1.165) is 24.1 Å². The lowest BCUT2D eigenvalue weighted by Gasteiger charge is -2.10. The number of halogens is 3. The zero-order chi connectivity index (χ0) is 19.9. The second kappa shape index (κ2) is 9.07. The molecule has 0 aromatic heterocycles. The van der Waals surface area contributed by atoms with Gasteiger partial charge in [-0.3, -0.25) is 4.79 Å². The summed E-state index contributed by atoms with van der Waals surface area (Å²) in [6, 6.07) is 11.3. The van der Waals surface area contributed by atoms with Gasteiger partial charge in [-0.2, -0.15) is 13.2 Å². The van der Waals surface area contributed by atoms with Gasteiger partial charge in [0.1, 0.15) is 5.75 Å². The van der Waals surface area contributed by atoms with E-state index in [1.165, 1.54) is 12.1 Å². The minimum Gasteiger partial charge on any atom is -0.482 e. The van der Waals surface area contributed by atoms with Gasteiger partial charge in [-0.05, 0) is 42.3 Å². The van der Waals surface area contributed by atoms with E-state index in [1.54, 1.807) is 12.1 Å². The molecule has 1 amide bonds. The number of amides is 1. The van der Waals surface area contributed by atoms with Crippen LogP contribution < -0.4 is 10.1 Å². The highest BCUT2D eigenvalue weighted by Crippen LogP contribution is 2.31. The van der Waals surface area contributed by atoms with Crippen molar-refractivity contribution in [2.45, 2.75) is 19.5 Å². The van der Waals surface area contributed by atoms with Gasteiger partial charge in [0.15, 0.2) is 13.2 Å². The SMILES string of the molecule is CCc1ccc(NC(=O)COC(=O)COc2cccc(C(F)(F)F)c2)cc1. The van der Waals surface area contributed by atoms with Gasteiger partial charge in [0.25, 0.3) is 5.91 Å². The third-order valence-electron chi connectivity index (χ3n) is 3.53. The van der Waals surface area contributed by atoms with Gasteiger partial charge in [-0.25, -0.2) is 4.79 Å². The van der Waals surface area contributed by atoms with E-state index in [9.17, 15) is 22.8 Å². The Hall–Kier alpha value is -3.03. The van der Waals surface area contributed by atoms with Gasteiger partial charge in [-0.15, -0.1) is 0 Å². The Morgan fingerprint density at radius 2 is 1.74 bits per heavy atom. The first kappa shape index (κ1) is 20.3. The largest absolute Gasteiger partial charge is 0.482 e. The third kappa shape index (κ3) is 6.65. The molecular formula is C19H18F3NO4. The second-order valence-electron chi connectivity index (χ2n) is 5.57. The molecular weight excluding hydrogens is 363 g/mol. The van der Waals surface area contributed by atoms with E-state index in [-0.39, 0.29) is 5.75 Å². The fourth-order valence-corrected chi connectivity index (χ4v) is 2.11. The number of carbonyl (C=O) groups is 2. The summed E-state index contributed by atoms with van der Waals surface area (Å²) in [5.74, 6) is -1.53. The highest BCUT2D eigenvalue weighted by molar-refractivity contribution is 5.92. The zero-order valence-electron chi connectivity index (χ0n) is 14.5. The second-order valence-corrected chi connectivity index (χ2v) is 5.57. The van der Waals surface area contributed by atoms with E-state index < -0.39 is 36.8 Å². The first-order valence-corrected chi connectivity index (χ1v) is 8.12. The number of hydrogen-bond donors (Lipinski definition) is 1. The number of hydrogen-bond acceptors (Lipinski definition) is 4. The molecule has 0 atom stereocenters. The minimum atomic E-state index is -4.51. The zero-order valence-corrected chi connectivity index (χ0v) is 14.5. The summed E-state index contributed by atoms with van der Waals surface area (Å²) in [5, 5.41) is 2.56. The van der Waals surface area contributed by atoms with Crippen molar-refractivity contribution in [2.24, 2.45) is 0 Å². The molecule has 1 N–H and O–H groups in total. The first-order valence-electron chi connectivity index (χ1n) is 8.12. The summed E-state index contributed by atoms with van der Waals surface area (Å²) < 4.78 is 47.5. The van der Waals surface area contributed by atoms with E-state index in [1.807, 2.05) is 19.1 Å². The van der Waals surface area contributed by atoms with Crippen molar-refractivity contribution in [3.8, 4) is 5.75 Å². The van der Waals surface area contributed by atoms with Crippen LogP contribution in [0.4, 0.5) is 18.9 Å². The first-order chi connectivity index (χ1) is 12.8. The monoisotopic (exact) mass is 381 g/mol. The topological polar surface area (TPSA) is 64.6 Å². The quantitative estimate of drug-likeness (QED) is 0.741. The summed E-state index contributed by atoms with van der Waals surface area (Å²) in [6.45, 7) is 0.870. The molecule has 27 heavy (non-hydrogen) atoms. The van der Waals surface area contributed by atoms with Crippen LogP contribution in [0.3, 0.4) is 0 Å². The van der Waals surface area contributed by atoms with E-state index in [0.29, 0.717) is 5.69 Å². The number of ether oxygens (including phenoxy) is 2. The molecule has 0 radical (unpaired) electrons. The van der Waals surface area contributed by atoms with Crippen LogP contribution in [0.25, 0.3) is 0 Å². The number of aryl methyl sites for hydroxylation is 1. The number of esters is 1. The molecule has 0 saturated heterocycles. The Kier molecular flexibility index (Phi) is 6.81. The summed E-state index contributed by atoms with van der Waals surface area (Å²) in [7, 11) is 0. The summed E-state index contributed by atoms with van der Waals surface area (Å²) in [5.41, 5.74) is 0.793. The fraction of sp³-hybridized carbons (Fsp3) is 0.263. The predicted octanol–water partition coefficient (Wildman–Crippen LogP) is 3.83. The molecule has 0 aliphatic carbocycles. The maximum Gasteiger partial charge on any atom is 0.416 e. The van der Waals surface area contributed by atoms with Crippen LogP contribution in [-0.2, 0) is 26.9 Å². The molecule has 0 aliphatic heterocycles. The van der Waals surface area contributed by atoms with Crippen molar-refractivity contribution >= 4 is 17.6 Å². The Labute approximate surface area is 154 Å². The smallest absolute Gasteiger partial charge is 0.416 e. The molecule has 0 heterocycles. The van der Waals surface area contributed by atoms with E-state index in [2.05, 4.69) is 5.32 Å². The molecule has 5 nitrogen and oxygen atoms in total. The van der Waals surface area contributed by atoms with Gasteiger partial charge >= 0.3 is 12.1 Å². The van der Waals surface area contributed by atoms with Gasteiger partial charge < -0.3 is 14.8 Å². The number of rotatable bonds is 7. The molecule has 144 valence electrons. The van der Waals surface area contributed by atoms with Crippen molar-refractivity contribution in [1.29, 1.82) is 0 Å². The summed E-state index contributed by atoms with van der Waals surface area (Å²) in [6.07, 6.45) is -3.63. The third-order valence-corrected chi connectivity index (χ3v) is 3.53. The number of alkyl halides is 3. The lowest BCUT2D eigenvalue weighted by atomic mass is 10.1. The lowest BCUT2D eigenvalue weighted by Crippen LogP contribution is -2.23. The van der Waals surface area contributed by atoms with Crippen LogP contribution >= 0.6 is 0 Å². The predicted molar refractivity (Wildman–Crippen MR) is 92.3 cm³/mol. The molecule has 0 aliphatic rings. The maximum atomic E-state index is 12.6. The van der Waals surface area contributed by atoms with Crippen molar-refractivity contribution in [3.05, 3.63) is 59.7 Å². The normalized spacial score (nSPS) is 11.0. The standard InChI is InChI=1S/C19H18F3NO4/c1-2-13-6-8-15(9-7-13)23-17(24)11-27-18(25)12-26-16-5-3-4-14(10-16)19(20,21)22/h3-10H,2,11-12H2,1H3,(H,23,24). The maximum absolute atomic E-state index is 12.6. The average Bonchev–Trinajstić information content (AvgIpc) is 2.65. The molecule has 2 aromatic carbocycles. The van der Waals surface area contributed by atoms with Crippen LogP contribution in [0, 0.1) is 0 Å². The molecule has 0 saturated carbocycles. The number of anilines is 1. The average molecular weight is 381 g/mol. The Balaban J connectivity index is 1.76. The van der Waals surface area contributed by atoms with Crippen molar-refractivity contribution < 1.29 is 32.2 Å². The summed E-state index contributed by atoms with van der Waals surface area (Å²) in [4.78, 5) is 23.3. The number of nitrogens with one attached hydrogen (secondary N) is 1. The van der Waals surface area contributed by atoms with Crippen LogP contribution in [0.5, 0.6) is 5.75 Å².